The molecule has 0 saturated carbocycles. The second kappa shape index (κ2) is 10.7. The summed E-state index contributed by atoms with van der Waals surface area (Å²) >= 11 is 8.00. The molecule has 2 aromatic carbocycles. The number of anilines is 2. The van der Waals surface area contributed by atoms with E-state index >= 15 is 8.78 Å². The molecule has 0 bridgehead atoms. The summed E-state index contributed by atoms with van der Waals surface area (Å²) in [5, 5.41) is 10.5. The molecule has 14 heteroatoms. The van der Waals surface area contributed by atoms with Gasteiger partial charge in [0.05, 0.1) is 45.0 Å². The Hall–Kier alpha value is -3.57. The molecule has 5 aliphatic rings. The van der Waals surface area contributed by atoms with E-state index in [1.165, 1.54) is 12.1 Å². The zero-order valence-electron chi connectivity index (χ0n) is 25.2. The number of nitrogens with two attached hydrogens (primary N) is 1. The molecule has 0 amide bonds. The lowest BCUT2D eigenvalue weighted by atomic mass is 9.95. The molecule has 0 unspecified atom stereocenters. The summed E-state index contributed by atoms with van der Waals surface area (Å²) in [6.07, 6.45) is 3.38. The fraction of sp³-hybridized carbons (Fsp3) is 0.485. The Morgan fingerprint density at radius 1 is 1.21 bits per heavy atom. The van der Waals surface area contributed by atoms with E-state index in [1.807, 2.05) is 6.07 Å². The van der Waals surface area contributed by atoms with Gasteiger partial charge in [0.25, 0.3) is 0 Å². The van der Waals surface area contributed by atoms with Gasteiger partial charge in [-0.2, -0.15) is 15.2 Å². The number of nitrogen functional groups attached to an aromatic ring is 1. The Morgan fingerprint density at radius 3 is 2.94 bits per heavy atom. The summed E-state index contributed by atoms with van der Waals surface area (Å²) in [6, 6.07) is 4.67. The van der Waals surface area contributed by atoms with Crippen molar-refractivity contribution in [3.05, 3.63) is 34.4 Å². The van der Waals surface area contributed by atoms with Gasteiger partial charge in [-0.25, -0.2) is 13.2 Å². The van der Waals surface area contributed by atoms with Gasteiger partial charge in [-0.05, 0) is 43.9 Å². The second-order valence-corrected chi connectivity index (χ2v) is 14.6. The zero-order valence-corrected chi connectivity index (χ0v) is 26.8. The standard InChI is InChI=1S/C33H30ClF3N6O3S/c34-25-23(17-2-3-19(36)29-22(17)18(12-38)30(39)47-29)26(37)27-24-28(25)45-8-4-16-10-21-20(5-9-44-21)43(16)31(24)41-32(40-27)46-14-33-6-1-7-42(33)13-15(35)11-33/h2-3,15-16,20-21H,1,4-11,13-14,39H2/t15-,16-,20+,21+,33+/m1/s1. The lowest BCUT2D eigenvalue weighted by Crippen LogP contribution is -2.43. The van der Waals surface area contributed by atoms with Crippen molar-refractivity contribution in [2.75, 3.05) is 43.5 Å². The maximum Gasteiger partial charge on any atom is 0.319 e. The van der Waals surface area contributed by atoms with E-state index < -0.39 is 23.3 Å². The van der Waals surface area contributed by atoms with E-state index in [9.17, 15) is 9.65 Å². The van der Waals surface area contributed by atoms with Crippen LogP contribution < -0.4 is 20.1 Å². The van der Waals surface area contributed by atoms with Crippen LogP contribution in [0.3, 0.4) is 0 Å². The van der Waals surface area contributed by atoms with Gasteiger partial charge >= 0.3 is 6.01 Å². The average molecular weight is 683 g/mol. The van der Waals surface area contributed by atoms with Crippen molar-refractivity contribution < 1.29 is 27.4 Å². The molecule has 0 spiro atoms. The Morgan fingerprint density at radius 2 is 2.09 bits per heavy atom. The van der Waals surface area contributed by atoms with Crippen LogP contribution in [0.25, 0.3) is 32.1 Å². The SMILES string of the molecule is N#Cc1c(N)sc2c(F)ccc(-c3c(Cl)c4c5c(nc(OC[C@@]67CCCN6C[C@H](F)C7)nc5c3F)N3[C@H](CCO4)C[C@@H]4OCC[C@@H]43)c12. The molecule has 4 aromatic rings. The first-order chi connectivity index (χ1) is 22.8. The maximum absolute atomic E-state index is 17.2. The first kappa shape index (κ1) is 29.6. The average Bonchev–Trinajstić information content (AvgIpc) is 3.84. The molecule has 5 aliphatic heterocycles. The third-order valence-electron chi connectivity index (χ3n) is 10.7. The molecule has 9 nitrogen and oxygen atoms in total. The Balaban J connectivity index is 1.28. The van der Waals surface area contributed by atoms with Crippen molar-refractivity contribution in [2.45, 2.75) is 68.4 Å². The Kier molecular flexibility index (Phi) is 6.74. The monoisotopic (exact) mass is 682 g/mol. The molecular weight excluding hydrogens is 653 g/mol. The van der Waals surface area contributed by atoms with Gasteiger partial charge in [0.2, 0.25) is 0 Å². The highest BCUT2D eigenvalue weighted by atomic mass is 35.5. The van der Waals surface area contributed by atoms with Crippen molar-refractivity contribution in [2.24, 2.45) is 0 Å². The Bertz CT molecular complexity index is 2020. The van der Waals surface area contributed by atoms with Crippen LogP contribution in [0, 0.1) is 23.0 Å². The van der Waals surface area contributed by atoms with Gasteiger partial charge in [0.1, 0.15) is 41.0 Å². The summed E-state index contributed by atoms with van der Waals surface area (Å²) in [5.74, 6) is -0.710. The van der Waals surface area contributed by atoms with Crippen molar-refractivity contribution in [1.82, 2.24) is 14.9 Å². The topological polar surface area (TPSA) is 110 Å². The number of ether oxygens (including phenoxy) is 3. The predicted molar refractivity (Wildman–Crippen MR) is 172 cm³/mol. The molecule has 5 atom stereocenters. The minimum atomic E-state index is -0.937. The van der Waals surface area contributed by atoms with Crippen LogP contribution in [-0.4, -0.2) is 77.7 Å². The number of nitriles is 1. The second-order valence-electron chi connectivity index (χ2n) is 13.2. The van der Waals surface area contributed by atoms with Gasteiger partial charge in [-0.3, -0.25) is 4.90 Å². The number of thiophene rings is 1. The molecular formula is C33H30ClF3N6O3S. The van der Waals surface area contributed by atoms with Crippen LogP contribution in [0.4, 0.5) is 24.0 Å². The van der Waals surface area contributed by atoms with Gasteiger partial charge < -0.3 is 24.8 Å². The normalized spacial score (nSPS) is 28.2. The number of fused-ring (bicyclic) bond motifs is 6. The molecule has 4 saturated heterocycles. The van der Waals surface area contributed by atoms with Crippen molar-refractivity contribution >= 4 is 54.7 Å². The van der Waals surface area contributed by atoms with Crippen LogP contribution in [-0.2, 0) is 4.74 Å². The number of benzene rings is 2. The maximum atomic E-state index is 17.2. The lowest BCUT2D eigenvalue weighted by Gasteiger charge is -2.34. The minimum Gasteiger partial charge on any atom is -0.491 e. The van der Waals surface area contributed by atoms with Gasteiger partial charge in [0.15, 0.2) is 11.6 Å². The molecule has 244 valence electrons. The van der Waals surface area contributed by atoms with Gasteiger partial charge in [-0.1, -0.05) is 17.7 Å². The van der Waals surface area contributed by atoms with E-state index in [-0.39, 0.29) is 78.9 Å². The molecule has 4 fully saturated rings. The van der Waals surface area contributed by atoms with Crippen LogP contribution in [0.15, 0.2) is 12.1 Å². The van der Waals surface area contributed by atoms with E-state index in [1.54, 1.807) is 0 Å². The number of nitrogens with zero attached hydrogens (tertiary/aromatic N) is 5. The predicted octanol–water partition coefficient (Wildman–Crippen LogP) is 6.37. The molecule has 2 N–H and O–H groups in total. The van der Waals surface area contributed by atoms with Crippen molar-refractivity contribution in [3.8, 4) is 29.0 Å². The molecule has 0 radical (unpaired) electrons. The van der Waals surface area contributed by atoms with E-state index in [2.05, 4.69) is 14.8 Å². The highest BCUT2D eigenvalue weighted by molar-refractivity contribution is 7.23. The largest absolute Gasteiger partial charge is 0.491 e. The summed E-state index contributed by atoms with van der Waals surface area (Å²) in [6.45, 7) is 2.25. The first-order valence-corrected chi connectivity index (χ1v) is 17.2. The van der Waals surface area contributed by atoms with Crippen LogP contribution in [0.1, 0.15) is 44.1 Å². The van der Waals surface area contributed by atoms with E-state index in [0.717, 1.165) is 43.6 Å². The summed E-state index contributed by atoms with van der Waals surface area (Å²) in [5.41, 5.74) is 5.73. The number of hydrogen-bond acceptors (Lipinski definition) is 10. The van der Waals surface area contributed by atoms with Crippen LogP contribution >= 0.6 is 22.9 Å². The summed E-state index contributed by atoms with van der Waals surface area (Å²) in [7, 11) is 0. The fourth-order valence-corrected chi connectivity index (χ4v) is 10.0. The third-order valence-corrected chi connectivity index (χ3v) is 12.1. The lowest BCUT2D eigenvalue weighted by molar-refractivity contribution is 0.107. The molecule has 47 heavy (non-hydrogen) atoms. The van der Waals surface area contributed by atoms with E-state index in [0.29, 0.717) is 43.8 Å². The highest BCUT2D eigenvalue weighted by Crippen LogP contribution is 2.52. The molecule has 7 heterocycles. The molecule has 2 aromatic heterocycles. The number of halogens is 4. The van der Waals surface area contributed by atoms with Crippen molar-refractivity contribution in [3.63, 3.8) is 0 Å². The zero-order chi connectivity index (χ0) is 32.2. The fourth-order valence-electron chi connectivity index (χ4n) is 8.73. The first-order valence-electron chi connectivity index (χ1n) is 16.0. The quantitative estimate of drug-likeness (QED) is 0.263. The summed E-state index contributed by atoms with van der Waals surface area (Å²) in [4.78, 5) is 13.9. The minimum absolute atomic E-state index is 0.00221. The number of hydrogen-bond donors (Lipinski definition) is 1. The van der Waals surface area contributed by atoms with Gasteiger partial charge in [0, 0.05) is 43.0 Å². The summed E-state index contributed by atoms with van der Waals surface area (Å²) < 4.78 is 65.6. The van der Waals surface area contributed by atoms with E-state index in [4.69, 9.17) is 36.5 Å². The Labute approximate surface area is 276 Å². The molecule has 9 rings (SSSR count). The highest BCUT2D eigenvalue weighted by Gasteiger charge is 2.50. The third kappa shape index (κ3) is 4.27. The van der Waals surface area contributed by atoms with Crippen molar-refractivity contribution in [1.29, 1.82) is 5.26 Å². The molecule has 0 aliphatic carbocycles. The van der Waals surface area contributed by atoms with Crippen LogP contribution in [0.5, 0.6) is 11.8 Å². The number of rotatable bonds is 4. The van der Waals surface area contributed by atoms with Crippen LogP contribution in [0.2, 0.25) is 5.02 Å². The smallest absolute Gasteiger partial charge is 0.319 e. The van der Waals surface area contributed by atoms with Gasteiger partial charge in [-0.15, -0.1) is 11.3 Å². The number of alkyl halides is 1. The number of aromatic nitrogens is 2.